The second-order valence-electron chi connectivity index (χ2n) is 5.45. The van der Waals surface area contributed by atoms with Crippen LogP contribution in [0, 0.1) is 23.7 Å². The van der Waals surface area contributed by atoms with Crippen molar-refractivity contribution in [2.75, 3.05) is 7.11 Å². The average molecular weight is 322 g/mol. The first-order valence-corrected chi connectivity index (χ1v) is 8.12. The Morgan fingerprint density at radius 1 is 0.640 bits per heavy atom. The first kappa shape index (κ1) is 16.6. The highest BCUT2D eigenvalue weighted by Crippen LogP contribution is 2.20. The summed E-state index contributed by atoms with van der Waals surface area (Å²) in [5.41, 5.74) is 3.87. The predicted molar refractivity (Wildman–Crippen MR) is 102 cm³/mol. The second kappa shape index (κ2) is 8.55. The van der Waals surface area contributed by atoms with E-state index in [4.69, 9.17) is 4.74 Å². The lowest BCUT2D eigenvalue weighted by Gasteiger charge is -2.11. The predicted octanol–water partition coefficient (Wildman–Crippen LogP) is 4.83. The van der Waals surface area contributed by atoms with E-state index in [0.29, 0.717) is 0 Å². The molecule has 0 spiro atoms. The van der Waals surface area contributed by atoms with Gasteiger partial charge in [0.1, 0.15) is 6.10 Å². The molecular formula is C24H18O. The normalized spacial score (nSPS) is 10.8. The highest BCUT2D eigenvalue weighted by Gasteiger charge is 2.10. The molecule has 0 saturated carbocycles. The minimum absolute atomic E-state index is 0.318. The van der Waals surface area contributed by atoms with Crippen molar-refractivity contribution >= 4 is 0 Å². The molecule has 0 saturated heterocycles. The third kappa shape index (κ3) is 4.61. The molecule has 0 fully saturated rings. The SMILES string of the molecule is COC(C#Cc1ccccc1)c1ccccc1C#Cc1ccccc1. The summed E-state index contributed by atoms with van der Waals surface area (Å²) in [6.45, 7) is 0. The van der Waals surface area contributed by atoms with E-state index in [0.717, 1.165) is 22.3 Å². The smallest absolute Gasteiger partial charge is 0.144 e. The Bertz CT molecular complexity index is 935. The van der Waals surface area contributed by atoms with Crippen molar-refractivity contribution in [3.8, 4) is 23.7 Å². The van der Waals surface area contributed by atoms with Crippen LogP contribution in [0.3, 0.4) is 0 Å². The molecule has 120 valence electrons. The van der Waals surface area contributed by atoms with Crippen molar-refractivity contribution in [2.45, 2.75) is 6.10 Å². The number of rotatable bonds is 2. The molecule has 0 amide bonds. The summed E-state index contributed by atoms with van der Waals surface area (Å²) in [7, 11) is 1.67. The third-order valence-corrected chi connectivity index (χ3v) is 3.72. The highest BCUT2D eigenvalue weighted by atomic mass is 16.5. The van der Waals surface area contributed by atoms with Crippen LogP contribution >= 0.6 is 0 Å². The van der Waals surface area contributed by atoms with Crippen molar-refractivity contribution in [3.63, 3.8) is 0 Å². The molecule has 25 heavy (non-hydrogen) atoms. The maximum atomic E-state index is 5.61. The lowest BCUT2D eigenvalue weighted by molar-refractivity contribution is 0.150. The molecule has 0 aliphatic rings. The van der Waals surface area contributed by atoms with Crippen molar-refractivity contribution in [3.05, 3.63) is 107 Å². The quantitative estimate of drug-likeness (QED) is 0.614. The maximum absolute atomic E-state index is 5.61. The lowest BCUT2D eigenvalue weighted by atomic mass is 10.0. The van der Waals surface area contributed by atoms with Crippen molar-refractivity contribution in [2.24, 2.45) is 0 Å². The van der Waals surface area contributed by atoms with E-state index in [1.807, 2.05) is 84.9 Å². The van der Waals surface area contributed by atoms with Gasteiger partial charge in [-0.2, -0.15) is 0 Å². The van der Waals surface area contributed by atoms with Crippen LogP contribution < -0.4 is 0 Å². The first-order chi connectivity index (χ1) is 12.4. The summed E-state index contributed by atoms with van der Waals surface area (Å²) in [5.74, 6) is 12.8. The van der Waals surface area contributed by atoms with Crippen LogP contribution in [0.15, 0.2) is 84.9 Å². The number of hydrogen-bond acceptors (Lipinski definition) is 1. The molecule has 1 atom stereocenters. The summed E-state index contributed by atoms with van der Waals surface area (Å²) in [6.07, 6.45) is -0.318. The Labute approximate surface area is 149 Å². The monoisotopic (exact) mass is 322 g/mol. The molecule has 1 nitrogen and oxygen atoms in total. The van der Waals surface area contributed by atoms with E-state index in [-0.39, 0.29) is 6.10 Å². The van der Waals surface area contributed by atoms with Gasteiger partial charge in [0.25, 0.3) is 0 Å². The third-order valence-electron chi connectivity index (χ3n) is 3.72. The summed E-state index contributed by atoms with van der Waals surface area (Å²) < 4.78 is 5.61. The zero-order chi connectivity index (χ0) is 17.3. The number of hydrogen-bond donors (Lipinski definition) is 0. The van der Waals surface area contributed by atoms with Crippen LogP contribution in [0.2, 0.25) is 0 Å². The molecule has 1 heteroatoms. The topological polar surface area (TPSA) is 9.23 Å². The van der Waals surface area contributed by atoms with E-state index < -0.39 is 0 Å². The number of ether oxygens (including phenoxy) is 1. The highest BCUT2D eigenvalue weighted by molar-refractivity contribution is 5.49. The Kier molecular flexibility index (Phi) is 5.68. The molecule has 1 unspecified atom stereocenters. The Morgan fingerprint density at radius 2 is 1.20 bits per heavy atom. The van der Waals surface area contributed by atoms with Crippen molar-refractivity contribution < 1.29 is 4.74 Å². The summed E-state index contributed by atoms with van der Waals surface area (Å²) >= 11 is 0. The van der Waals surface area contributed by atoms with Gasteiger partial charge in [0.05, 0.1) is 0 Å². The summed E-state index contributed by atoms with van der Waals surface area (Å²) in [5, 5.41) is 0. The largest absolute Gasteiger partial charge is 0.364 e. The van der Waals surface area contributed by atoms with E-state index in [9.17, 15) is 0 Å². The van der Waals surface area contributed by atoms with Crippen LogP contribution in [0.4, 0.5) is 0 Å². The molecule has 0 bridgehead atoms. The molecular weight excluding hydrogens is 304 g/mol. The zero-order valence-corrected chi connectivity index (χ0v) is 14.1. The fourth-order valence-corrected chi connectivity index (χ4v) is 2.43. The van der Waals surface area contributed by atoms with Gasteiger partial charge < -0.3 is 4.74 Å². The molecule has 3 aromatic carbocycles. The van der Waals surface area contributed by atoms with Gasteiger partial charge in [-0.1, -0.05) is 78.3 Å². The van der Waals surface area contributed by atoms with Gasteiger partial charge in [0, 0.05) is 29.4 Å². The maximum Gasteiger partial charge on any atom is 0.144 e. The van der Waals surface area contributed by atoms with E-state index in [1.54, 1.807) is 7.11 Å². The summed E-state index contributed by atoms with van der Waals surface area (Å²) in [6, 6.07) is 27.8. The molecule has 3 aromatic rings. The molecule has 0 aliphatic heterocycles. The molecule has 0 aliphatic carbocycles. The van der Waals surface area contributed by atoms with Gasteiger partial charge in [0.15, 0.2) is 0 Å². The van der Waals surface area contributed by atoms with Gasteiger partial charge in [0.2, 0.25) is 0 Å². The van der Waals surface area contributed by atoms with E-state index in [1.165, 1.54) is 0 Å². The van der Waals surface area contributed by atoms with Crippen molar-refractivity contribution in [1.29, 1.82) is 0 Å². The number of methoxy groups -OCH3 is 1. The Hall–Kier alpha value is -3.26. The van der Waals surface area contributed by atoms with E-state index >= 15 is 0 Å². The number of benzene rings is 3. The lowest BCUT2D eigenvalue weighted by Crippen LogP contribution is -2.01. The fraction of sp³-hybridized carbons (Fsp3) is 0.0833. The van der Waals surface area contributed by atoms with Gasteiger partial charge in [-0.3, -0.25) is 0 Å². The van der Waals surface area contributed by atoms with Crippen LogP contribution in [-0.2, 0) is 4.74 Å². The summed E-state index contributed by atoms with van der Waals surface area (Å²) in [4.78, 5) is 0. The van der Waals surface area contributed by atoms with Gasteiger partial charge in [-0.15, -0.1) is 0 Å². The molecule has 0 N–H and O–H groups in total. The van der Waals surface area contributed by atoms with Crippen molar-refractivity contribution in [1.82, 2.24) is 0 Å². The van der Waals surface area contributed by atoms with Gasteiger partial charge in [-0.25, -0.2) is 0 Å². The minimum Gasteiger partial charge on any atom is -0.364 e. The van der Waals surface area contributed by atoms with Crippen LogP contribution in [0.1, 0.15) is 28.4 Å². The molecule has 0 heterocycles. The Balaban J connectivity index is 1.91. The molecule has 3 rings (SSSR count). The first-order valence-electron chi connectivity index (χ1n) is 8.12. The minimum atomic E-state index is -0.318. The zero-order valence-electron chi connectivity index (χ0n) is 14.1. The molecule has 0 aromatic heterocycles. The fourth-order valence-electron chi connectivity index (χ4n) is 2.43. The average Bonchev–Trinajstić information content (AvgIpc) is 2.69. The van der Waals surface area contributed by atoms with Crippen LogP contribution in [0.25, 0.3) is 0 Å². The van der Waals surface area contributed by atoms with Crippen LogP contribution in [0.5, 0.6) is 0 Å². The van der Waals surface area contributed by atoms with Gasteiger partial charge in [-0.05, 0) is 30.3 Å². The van der Waals surface area contributed by atoms with Gasteiger partial charge >= 0.3 is 0 Å². The second-order valence-corrected chi connectivity index (χ2v) is 5.45. The van der Waals surface area contributed by atoms with E-state index in [2.05, 4.69) is 23.7 Å². The van der Waals surface area contributed by atoms with Crippen LogP contribution in [-0.4, -0.2) is 7.11 Å². The standard InChI is InChI=1S/C24H18O/c1-25-24(19-17-21-12-6-3-7-13-21)23-15-9-8-14-22(23)18-16-20-10-4-2-5-11-20/h2-15,24H,1H3. The Morgan fingerprint density at radius 3 is 1.84 bits per heavy atom. The molecule has 0 radical (unpaired) electrons.